The molecule has 5 nitrogen and oxygen atoms in total. The molecule has 0 bridgehead atoms. The molecule has 136 valence electrons. The highest BCUT2D eigenvalue weighted by atomic mass is 19.4. The number of benzene rings is 1. The smallest absolute Gasteiger partial charge is 0.325 e. The topological polar surface area (TPSA) is 79.0 Å². The van der Waals surface area contributed by atoms with E-state index in [0.717, 1.165) is 18.2 Å². The number of hydrogen-bond acceptors (Lipinski definition) is 3. The van der Waals surface area contributed by atoms with Crippen molar-refractivity contribution < 1.29 is 22.8 Å². The number of carbonyl (C=O) groups excluding carboxylic acids is 2. The Kier molecular flexibility index (Phi) is 4.43. The van der Waals surface area contributed by atoms with Gasteiger partial charge < -0.3 is 10.3 Å². The number of anilines is 1. The van der Waals surface area contributed by atoms with Crippen molar-refractivity contribution >= 4 is 17.4 Å². The van der Waals surface area contributed by atoms with Gasteiger partial charge in [-0.15, -0.1) is 0 Å². The van der Waals surface area contributed by atoms with Crippen LogP contribution in [0.4, 0.5) is 18.9 Å². The number of Topliss-reactive ketones (excluding diaryl/α,β-unsaturated/α-hetero) is 1. The fraction of sp³-hybridized carbons (Fsp3) is 0.278. The van der Waals surface area contributed by atoms with Gasteiger partial charge in [0.2, 0.25) is 0 Å². The Morgan fingerprint density at radius 2 is 1.92 bits per heavy atom. The summed E-state index contributed by atoms with van der Waals surface area (Å²) in [6.45, 7) is 1.88. The van der Waals surface area contributed by atoms with E-state index in [1.807, 2.05) is 6.92 Å². The number of aromatic nitrogens is 1. The Morgan fingerprint density at radius 1 is 1.19 bits per heavy atom. The molecule has 0 spiro atoms. The first-order chi connectivity index (χ1) is 12.1. The van der Waals surface area contributed by atoms with E-state index in [2.05, 4.69) is 10.3 Å². The number of halogens is 3. The molecule has 1 amide bonds. The van der Waals surface area contributed by atoms with E-state index in [0.29, 0.717) is 18.5 Å². The third-order valence-corrected chi connectivity index (χ3v) is 4.20. The molecular weight excluding hydrogens is 349 g/mol. The Bertz CT molecular complexity index is 947. The van der Waals surface area contributed by atoms with Gasteiger partial charge >= 0.3 is 6.18 Å². The molecule has 1 aromatic carbocycles. The molecule has 0 radical (unpaired) electrons. The van der Waals surface area contributed by atoms with Crippen LogP contribution in [-0.2, 0) is 12.6 Å². The van der Waals surface area contributed by atoms with Crippen LogP contribution in [0.5, 0.6) is 0 Å². The Balaban J connectivity index is 1.91. The first-order valence-electron chi connectivity index (χ1n) is 7.93. The van der Waals surface area contributed by atoms with Crippen LogP contribution >= 0.6 is 0 Å². The van der Waals surface area contributed by atoms with Crippen LogP contribution in [0.3, 0.4) is 0 Å². The molecule has 0 saturated heterocycles. The van der Waals surface area contributed by atoms with Crippen molar-refractivity contribution in [1.82, 2.24) is 4.98 Å². The average molecular weight is 364 g/mol. The van der Waals surface area contributed by atoms with Gasteiger partial charge in [-0.1, -0.05) is 13.0 Å². The molecule has 1 aromatic heterocycles. The van der Waals surface area contributed by atoms with Gasteiger partial charge in [-0.25, -0.2) is 0 Å². The Hall–Kier alpha value is -2.90. The monoisotopic (exact) mass is 364 g/mol. The third kappa shape index (κ3) is 3.54. The number of alkyl halides is 3. The first kappa shape index (κ1) is 17.9. The normalized spacial score (nSPS) is 16.9. The standard InChI is InChI=1S/C18H15F3N2O3/c1-9-5-14-12(15(24)6-9)8-13(17(26)23-14)16(25)22-11-4-2-3-10(7-11)18(19,20)21/h2-4,7-9H,5-6H2,1H3,(H,22,25)(H,23,26). The Morgan fingerprint density at radius 3 is 2.62 bits per heavy atom. The van der Waals surface area contributed by atoms with Crippen molar-refractivity contribution in [2.75, 3.05) is 5.32 Å². The van der Waals surface area contributed by atoms with E-state index >= 15 is 0 Å². The lowest BCUT2D eigenvalue weighted by Crippen LogP contribution is -2.29. The fourth-order valence-corrected chi connectivity index (χ4v) is 2.97. The Labute approximate surface area is 146 Å². The largest absolute Gasteiger partial charge is 0.416 e. The summed E-state index contributed by atoms with van der Waals surface area (Å²) in [5.74, 6) is -0.960. The number of pyridine rings is 1. The maximum absolute atomic E-state index is 12.8. The summed E-state index contributed by atoms with van der Waals surface area (Å²) in [7, 11) is 0. The number of amides is 1. The number of carbonyl (C=O) groups is 2. The van der Waals surface area contributed by atoms with Crippen molar-refractivity contribution in [3.63, 3.8) is 0 Å². The maximum atomic E-state index is 12.8. The summed E-state index contributed by atoms with van der Waals surface area (Å²) < 4.78 is 38.3. The first-order valence-corrected chi connectivity index (χ1v) is 7.93. The number of H-pyrrole nitrogens is 1. The quantitative estimate of drug-likeness (QED) is 0.857. The lowest BCUT2D eigenvalue weighted by atomic mass is 9.86. The highest BCUT2D eigenvalue weighted by molar-refractivity contribution is 6.06. The van der Waals surface area contributed by atoms with Crippen LogP contribution in [0.25, 0.3) is 0 Å². The van der Waals surface area contributed by atoms with Crippen LogP contribution in [0, 0.1) is 5.92 Å². The zero-order chi connectivity index (χ0) is 19.1. The maximum Gasteiger partial charge on any atom is 0.416 e. The number of fused-ring (bicyclic) bond motifs is 1. The van der Waals surface area contributed by atoms with Gasteiger partial charge in [0, 0.05) is 23.4 Å². The minimum Gasteiger partial charge on any atom is -0.325 e. The van der Waals surface area contributed by atoms with E-state index in [1.54, 1.807) is 0 Å². The number of rotatable bonds is 2. The summed E-state index contributed by atoms with van der Waals surface area (Å²) in [4.78, 5) is 39.1. The van der Waals surface area contributed by atoms with Crippen molar-refractivity contribution in [3.05, 3.63) is 63.1 Å². The van der Waals surface area contributed by atoms with Gasteiger partial charge in [0.15, 0.2) is 5.78 Å². The second-order valence-corrected chi connectivity index (χ2v) is 6.37. The summed E-state index contributed by atoms with van der Waals surface area (Å²) in [6.07, 6.45) is -3.72. The molecule has 0 aliphatic heterocycles. The van der Waals surface area contributed by atoms with Gasteiger partial charge in [0.1, 0.15) is 5.56 Å². The zero-order valence-corrected chi connectivity index (χ0v) is 13.7. The summed E-state index contributed by atoms with van der Waals surface area (Å²) >= 11 is 0. The molecule has 3 rings (SSSR count). The molecule has 2 N–H and O–H groups in total. The lowest BCUT2D eigenvalue weighted by molar-refractivity contribution is -0.137. The second kappa shape index (κ2) is 6.44. The van der Waals surface area contributed by atoms with Crippen LogP contribution in [0.2, 0.25) is 0 Å². The number of aromatic amines is 1. The lowest BCUT2D eigenvalue weighted by Gasteiger charge is -2.20. The molecule has 0 saturated carbocycles. The van der Waals surface area contributed by atoms with Crippen LogP contribution in [-0.4, -0.2) is 16.7 Å². The average Bonchev–Trinajstić information content (AvgIpc) is 2.53. The molecule has 1 aliphatic rings. The van der Waals surface area contributed by atoms with E-state index in [1.165, 1.54) is 12.1 Å². The minimum atomic E-state index is -4.55. The van der Waals surface area contributed by atoms with Crippen LogP contribution in [0.1, 0.15) is 45.3 Å². The highest BCUT2D eigenvalue weighted by Crippen LogP contribution is 2.30. The van der Waals surface area contributed by atoms with Crippen molar-refractivity contribution in [2.45, 2.75) is 25.9 Å². The molecule has 8 heteroatoms. The van der Waals surface area contributed by atoms with E-state index < -0.39 is 23.2 Å². The number of hydrogen-bond donors (Lipinski definition) is 2. The number of nitrogens with one attached hydrogen (secondary N) is 2. The van der Waals surface area contributed by atoms with Crippen LogP contribution in [0.15, 0.2) is 35.1 Å². The molecule has 26 heavy (non-hydrogen) atoms. The second-order valence-electron chi connectivity index (χ2n) is 6.37. The van der Waals surface area contributed by atoms with Gasteiger partial charge in [0.25, 0.3) is 11.5 Å². The molecule has 0 fully saturated rings. The molecule has 2 aromatic rings. The highest BCUT2D eigenvalue weighted by Gasteiger charge is 2.31. The summed E-state index contributed by atoms with van der Waals surface area (Å²) in [5.41, 5.74) is -1.26. The van der Waals surface area contributed by atoms with E-state index in [9.17, 15) is 27.6 Å². The fourth-order valence-electron chi connectivity index (χ4n) is 2.97. The molecular formula is C18H15F3N2O3. The SMILES string of the molecule is CC1CC(=O)c2cc(C(=O)Nc3cccc(C(F)(F)F)c3)c(=O)[nH]c2C1. The molecule has 1 atom stereocenters. The third-order valence-electron chi connectivity index (χ3n) is 4.20. The van der Waals surface area contributed by atoms with Gasteiger partial charge in [0.05, 0.1) is 5.56 Å². The number of ketones is 1. The van der Waals surface area contributed by atoms with Gasteiger partial charge in [-0.05, 0) is 36.6 Å². The van der Waals surface area contributed by atoms with E-state index in [4.69, 9.17) is 0 Å². The van der Waals surface area contributed by atoms with Gasteiger partial charge in [-0.3, -0.25) is 14.4 Å². The summed E-state index contributed by atoms with van der Waals surface area (Å²) in [6, 6.07) is 5.30. The van der Waals surface area contributed by atoms with Crippen molar-refractivity contribution in [2.24, 2.45) is 5.92 Å². The van der Waals surface area contributed by atoms with Gasteiger partial charge in [-0.2, -0.15) is 13.2 Å². The van der Waals surface area contributed by atoms with Crippen molar-refractivity contribution in [1.29, 1.82) is 0 Å². The molecule has 1 heterocycles. The molecule has 1 aliphatic carbocycles. The van der Waals surface area contributed by atoms with Crippen molar-refractivity contribution in [3.8, 4) is 0 Å². The summed E-state index contributed by atoms with van der Waals surface area (Å²) in [5, 5.41) is 2.27. The molecule has 1 unspecified atom stereocenters. The predicted molar refractivity (Wildman–Crippen MR) is 88.3 cm³/mol. The van der Waals surface area contributed by atoms with Crippen LogP contribution < -0.4 is 10.9 Å². The van der Waals surface area contributed by atoms with E-state index in [-0.39, 0.29) is 28.5 Å². The zero-order valence-electron chi connectivity index (χ0n) is 13.7. The predicted octanol–water partition coefficient (Wildman–Crippen LogP) is 3.41. The minimum absolute atomic E-state index is 0.0930.